The molecule has 6 nitrogen and oxygen atoms in total. The first kappa shape index (κ1) is 19.1. The van der Waals surface area contributed by atoms with Gasteiger partial charge < -0.3 is 11.1 Å². The van der Waals surface area contributed by atoms with Gasteiger partial charge in [-0.1, -0.05) is 60.7 Å². The zero-order valence-electron chi connectivity index (χ0n) is 13.9. The molecule has 0 heterocycles. The van der Waals surface area contributed by atoms with Crippen molar-refractivity contribution < 1.29 is 13.2 Å². The van der Waals surface area contributed by atoms with Gasteiger partial charge in [0, 0.05) is 25.6 Å². The minimum atomic E-state index is -3.45. The molecule has 1 atom stereocenters. The SMILES string of the molecule is NC(CC(=O)NCCS(=O)(=O)NCc1ccccc1)c1ccccc1. The lowest BCUT2D eigenvalue weighted by molar-refractivity contribution is -0.121. The molecule has 0 saturated heterocycles. The Kier molecular flexibility index (Phi) is 7.12. The molecule has 0 aliphatic rings. The molecule has 0 aromatic heterocycles. The molecule has 0 aliphatic heterocycles. The molecule has 2 aromatic carbocycles. The number of hydrogen-bond acceptors (Lipinski definition) is 4. The van der Waals surface area contributed by atoms with Gasteiger partial charge in [0.25, 0.3) is 0 Å². The van der Waals surface area contributed by atoms with Crippen LogP contribution in [0.25, 0.3) is 0 Å². The Bertz CT molecular complexity index is 765. The van der Waals surface area contributed by atoms with Crippen molar-refractivity contribution >= 4 is 15.9 Å². The third kappa shape index (κ3) is 7.04. The zero-order valence-corrected chi connectivity index (χ0v) is 14.7. The highest BCUT2D eigenvalue weighted by Crippen LogP contribution is 2.12. The Morgan fingerprint density at radius 3 is 2.24 bits per heavy atom. The van der Waals surface area contributed by atoms with E-state index in [1.807, 2.05) is 60.7 Å². The quantitative estimate of drug-likeness (QED) is 0.627. The molecule has 0 fully saturated rings. The molecule has 7 heteroatoms. The van der Waals surface area contributed by atoms with Gasteiger partial charge in [0.2, 0.25) is 15.9 Å². The second kappa shape index (κ2) is 9.31. The molecule has 0 bridgehead atoms. The molecule has 0 saturated carbocycles. The van der Waals surface area contributed by atoms with Crippen molar-refractivity contribution in [2.24, 2.45) is 5.73 Å². The summed E-state index contributed by atoms with van der Waals surface area (Å²) < 4.78 is 26.4. The topological polar surface area (TPSA) is 101 Å². The number of nitrogens with one attached hydrogen (secondary N) is 2. The molecule has 25 heavy (non-hydrogen) atoms. The summed E-state index contributed by atoms with van der Waals surface area (Å²) in [4.78, 5) is 11.9. The van der Waals surface area contributed by atoms with Crippen LogP contribution < -0.4 is 15.8 Å². The maximum Gasteiger partial charge on any atom is 0.221 e. The van der Waals surface area contributed by atoms with Crippen LogP contribution in [0.3, 0.4) is 0 Å². The van der Waals surface area contributed by atoms with Gasteiger partial charge in [-0.15, -0.1) is 0 Å². The molecule has 1 amide bonds. The van der Waals surface area contributed by atoms with Crippen LogP contribution >= 0.6 is 0 Å². The zero-order chi connectivity index (χ0) is 18.1. The smallest absolute Gasteiger partial charge is 0.221 e. The van der Waals surface area contributed by atoms with E-state index in [-0.39, 0.29) is 31.2 Å². The van der Waals surface area contributed by atoms with E-state index in [1.165, 1.54) is 0 Å². The summed E-state index contributed by atoms with van der Waals surface area (Å²) in [5.74, 6) is -0.443. The summed E-state index contributed by atoms with van der Waals surface area (Å²) >= 11 is 0. The fourth-order valence-electron chi connectivity index (χ4n) is 2.28. The van der Waals surface area contributed by atoms with Crippen LogP contribution in [0, 0.1) is 0 Å². The number of hydrogen-bond donors (Lipinski definition) is 3. The van der Waals surface area contributed by atoms with E-state index in [4.69, 9.17) is 5.73 Å². The van der Waals surface area contributed by atoms with Crippen LogP contribution in [0.4, 0.5) is 0 Å². The lowest BCUT2D eigenvalue weighted by atomic mass is 10.0. The maximum atomic E-state index is 11.9. The highest BCUT2D eigenvalue weighted by Gasteiger charge is 2.13. The summed E-state index contributed by atoms with van der Waals surface area (Å²) in [5.41, 5.74) is 7.72. The molecule has 1 unspecified atom stereocenters. The monoisotopic (exact) mass is 361 g/mol. The largest absolute Gasteiger partial charge is 0.355 e. The second-order valence-corrected chi connectivity index (χ2v) is 7.62. The Morgan fingerprint density at radius 1 is 1.00 bits per heavy atom. The van der Waals surface area contributed by atoms with E-state index in [1.54, 1.807) is 0 Å². The number of benzene rings is 2. The molecular weight excluding hydrogens is 338 g/mol. The number of carbonyl (C=O) groups excluding carboxylic acids is 1. The van der Waals surface area contributed by atoms with Crippen LogP contribution in [0.5, 0.6) is 0 Å². The lowest BCUT2D eigenvalue weighted by Crippen LogP contribution is -2.35. The van der Waals surface area contributed by atoms with Crippen molar-refractivity contribution in [2.45, 2.75) is 19.0 Å². The van der Waals surface area contributed by atoms with Gasteiger partial charge in [-0.3, -0.25) is 4.79 Å². The fraction of sp³-hybridized carbons (Fsp3) is 0.278. The molecule has 4 N–H and O–H groups in total. The molecule has 0 radical (unpaired) electrons. The van der Waals surface area contributed by atoms with Gasteiger partial charge in [0.1, 0.15) is 0 Å². The molecule has 2 aromatic rings. The lowest BCUT2D eigenvalue weighted by Gasteiger charge is -2.12. The molecule has 0 aliphatic carbocycles. The van der Waals surface area contributed by atoms with Gasteiger partial charge in [0.15, 0.2) is 0 Å². The minimum Gasteiger partial charge on any atom is -0.355 e. The van der Waals surface area contributed by atoms with Gasteiger partial charge in [0.05, 0.1) is 5.75 Å². The van der Waals surface area contributed by atoms with Gasteiger partial charge in [-0.25, -0.2) is 13.1 Å². The average molecular weight is 361 g/mol. The highest BCUT2D eigenvalue weighted by atomic mass is 32.2. The van der Waals surface area contributed by atoms with Crippen LogP contribution in [0.15, 0.2) is 60.7 Å². The Morgan fingerprint density at radius 2 is 1.60 bits per heavy atom. The van der Waals surface area contributed by atoms with Crippen LogP contribution in [0.2, 0.25) is 0 Å². The number of rotatable bonds is 9. The summed E-state index contributed by atoms with van der Waals surface area (Å²) in [5, 5.41) is 2.60. The van der Waals surface area contributed by atoms with Crippen LogP contribution in [0.1, 0.15) is 23.6 Å². The first-order chi connectivity index (χ1) is 12.0. The third-order valence-corrected chi connectivity index (χ3v) is 4.99. The summed E-state index contributed by atoms with van der Waals surface area (Å²) in [6.45, 7) is 0.278. The maximum absolute atomic E-state index is 11.9. The van der Waals surface area contributed by atoms with Gasteiger partial charge >= 0.3 is 0 Å². The van der Waals surface area contributed by atoms with Crippen molar-refractivity contribution in [1.29, 1.82) is 0 Å². The standard InChI is InChI=1S/C18H23N3O3S/c19-17(16-9-5-2-6-10-16)13-18(22)20-11-12-25(23,24)21-14-15-7-3-1-4-8-15/h1-10,17,21H,11-14,19H2,(H,20,22). The third-order valence-electron chi connectivity index (χ3n) is 3.67. The molecule has 134 valence electrons. The fourth-order valence-corrected chi connectivity index (χ4v) is 3.18. The molecule has 2 rings (SSSR count). The number of amides is 1. The number of nitrogens with two attached hydrogens (primary N) is 1. The Hall–Kier alpha value is -2.22. The van der Waals surface area contributed by atoms with Crippen molar-refractivity contribution in [3.05, 3.63) is 71.8 Å². The Labute approximate surface area is 148 Å². The van der Waals surface area contributed by atoms with Crippen molar-refractivity contribution in [3.8, 4) is 0 Å². The normalized spacial score (nSPS) is 12.5. The Balaban J connectivity index is 1.71. The van der Waals surface area contributed by atoms with E-state index in [9.17, 15) is 13.2 Å². The van der Waals surface area contributed by atoms with Crippen molar-refractivity contribution in [2.75, 3.05) is 12.3 Å². The minimum absolute atomic E-state index is 0.0461. The van der Waals surface area contributed by atoms with Gasteiger partial charge in [-0.2, -0.15) is 0 Å². The summed E-state index contributed by atoms with van der Waals surface area (Å²) in [6, 6.07) is 18.2. The molecular formula is C18H23N3O3S. The summed E-state index contributed by atoms with van der Waals surface area (Å²) in [6.07, 6.45) is 0.113. The van der Waals surface area contributed by atoms with Crippen molar-refractivity contribution in [1.82, 2.24) is 10.0 Å². The highest BCUT2D eigenvalue weighted by molar-refractivity contribution is 7.89. The van der Waals surface area contributed by atoms with E-state index in [0.29, 0.717) is 0 Å². The predicted molar refractivity (Wildman–Crippen MR) is 98.1 cm³/mol. The molecule has 0 spiro atoms. The van der Waals surface area contributed by atoms with E-state index >= 15 is 0 Å². The average Bonchev–Trinajstić information content (AvgIpc) is 2.61. The van der Waals surface area contributed by atoms with Gasteiger partial charge in [-0.05, 0) is 11.1 Å². The van der Waals surface area contributed by atoms with E-state index in [0.717, 1.165) is 11.1 Å². The predicted octanol–water partition coefficient (Wildman–Crippen LogP) is 1.31. The van der Waals surface area contributed by atoms with E-state index in [2.05, 4.69) is 10.0 Å². The first-order valence-electron chi connectivity index (χ1n) is 8.05. The summed E-state index contributed by atoms with van der Waals surface area (Å²) in [7, 11) is -3.45. The van der Waals surface area contributed by atoms with Crippen molar-refractivity contribution in [3.63, 3.8) is 0 Å². The number of sulfonamides is 1. The second-order valence-electron chi connectivity index (χ2n) is 5.70. The van der Waals surface area contributed by atoms with Crippen LogP contribution in [-0.2, 0) is 21.4 Å². The number of carbonyl (C=O) groups is 1. The van der Waals surface area contributed by atoms with E-state index < -0.39 is 16.1 Å². The van der Waals surface area contributed by atoms with Crippen LogP contribution in [-0.4, -0.2) is 26.6 Å². The first-order valence-corrected chi connectivity index (χ1v) is 9.70.